The first-order chi connectivity index (χ1) is 18.2. The highest BCUT2D eigenvalue weighted by Crippen LogP contribution is 2.31. The maximum absolute atomic E-state index is 7.34. The Labute approximate surface area is 218 Å². The Hall–Kier alpha value is -4.98. The van der Waals surface area contributed by atoms with E-state index in [9.17, 15) is 0 Å². The van der Waals surface area contributed by atoms with Crippen LogP contribution < -0.4 is 27.7 Å². The molecule has 0 unspecified atom stereocenters. The number of amidine groups is 1. The minimum Gasteiger partial charge on any atom is -0.468 e. The fourth-order valence-corrected chi connectivity index (χ4v) is 3.53. The number of hydrogen-bond acceptors (Lipinski definition) is 11. The maximum atomic E-state index is 7.34. The van der Waals surface area contributed by atoms with Gasteiger partial charge >= 0.3 is 0 Å². The molecule has 4 aromatic heterocycles. The average molecular weight is 514 g/mol. The first kappa shape index (κ1) is 26.1. The predicted octanol–water partition coefficient (Wildman–Crippen LogP) is 0.956. The largest absolute Gasteiger partial charge is 0.468 e. The summed E-state index contributed by atoms with van der Waals surface area (Å²) in [4.78, 5) is 13.4. The van der Waals surface area contributed by atoms with Gasteiger partial charge in [-0.1, -0.05) is 11.8 Å². The molecule has 0 aliphatic rings. The van der Waals surface area contributed by atoms with E-state index >= 15 is 0 Å². The van der Waals surface area contributed by atoms with E-state index < -0.39 is 11.6 Å². The SMILES string of the molecule is CC(C)(N)C#Cc1nc(O[C@@H](CN)c2ccncc2)cc2c1nc(-c1nonc1N)n2CCC#CC(=N)N. The van der Waals surface area contributed by atoms with Crippen molar-refractivity contribution < 1.29 is 9.37 Å². The number of hydrogen-bond donors (Lipinski definition) is 5. The van der Waals surface area contributed by atoms with Gasteiger partial charge in [-0.15, -0.1) is 0 Å². The Morgan fingerprint density at radius 1 is 1.24 bits per heavy atom. The van der Waals surface area contributed by atoms with Crippen LogP contribution >= 0.6 is 0 Å². The molecule has 0 aliphatic carbocycles. The first-order valence-electron chi connectivity index (χ1n) is 11.6. The van der Waals surface area contributed by atoms with Crippen LogP contribution in [0.1, 0.15) is 37.6 Å². The second-order valence-electron chi connectivity index (χ2n) is 8.82. The third-order valence-corrected chi connectivity index (χ3v) is 5.18. The number of imidazole rings is 1. The zero-order valence-electron chi connectivity index (χ0n) is 20.9. The summed E-state index contributed by atoms with van der Waals surface area (Å²) in [5.41, 5.74) is 25.2. The van der Waals surface area contributed by atoms with Crippen LogP contribution in [0.15, 0.2) is 35.2 Å². The lowest BCUT2D eigenvalue weighted by Crippen LogP contribution is -2.29. The molecular formula is C25H27N11O2. The van der Waals surface area contributed by atoms with Gasteiger partial charge in [0.05, 0.1) is 11.1 Å². The number of aryl methyl sites for hydroxylation is 1. The zero-order valence-corrected chi connectivity index (χ0v) is 20.9. The molecule has 38 heavy (non-hydrogen) atoms. The van der Waals surface area contributed by atoms with Crippen molar-refractivity contribution in [2.24, 2.45) is 17.2 Å². The molecule has 0 spiro atoms. The normalized spacial score (nSPS) is 11.8. The molecule has 1 atom stereocenters. The van der Waals surface area contributed by atoms with E-state index in [4.69, 9.17) is 42.7 Å². The second kappa shape index (κ2) is 11.0. The number of ether oxygens (including phenoxy) is 1. The molecule has 194 valence electrons. The lowest BCUT2D eigenvalue weighted by Gasteiger charge is -2.17. The Kier molecular flexibility index (Phi) is 7.53. The van der Waals surface area contributed by atoms with Crippen LogP contribution in [-0.4, -0.2) is 47.8 Å². The highest BCUT2D eigenvalue weighted by molar-refractivity contribution is 5.94. The summed E-state index contributed by atoms with van der Waals surface area (Å²) in [5, 5.41) is 14.9. The lowest BCUT2D eigenvalue weighted by molar-refractivity contribution is 0.205. The van der Waals surface area contributed by atoms with Gasteiger partial charge in [0.15, 0.2) is 23.2 Å². The van der Waals surface area contributed by atoms with Crippen molar-refractivity contribution in [3.8, 4) is 41.1 Å². The van der Waals surface area contributed by atoms with E-state index in [1.165, 1.54) is 0 Å². The monoisotopic (exact) mass is 513 g/mol. The highest BCUT2D eigenvalue weighted by atomic mass is 16.6. The van der Waals surface area contributed by atoms with Crippen LogP contribution in [-0.2, 0) is 6.54 Å². The summed E-state index contributed by atoms with van der Waals surface area (Å²) >= 11 is 0. The summed E-state index contributed by atoms with van der Waals surface area (Å²) in [6, 6.07) is 5.38. The quantitative estimate of drug-likeness (QED) is 0.133. The average Bonchev–Trinajstić information content (AvgIpc) is 3.46. The zero-order chi connectivity index (χ0) is 27.3. The van der Waals surface area contributed by atoms with Crippen LogP contribution in [0, 0.1) is 29.1 Å². The molecule has 0 saturated heterocycles. The number of nitrogen functional groups attached to an aromatic ring is 1. The molecule has 0 bridgehead atoms. The number of nitrogens with zero attached hydrogens (tertiary/aromatic N) is 6. The number of fused-ring (bicyclic) bond motifs is 1. The van der Waals surface area contributed by atoms with Crippen LogP contribution in [0.4, 0.5) is 5.82 Å². The van der Waals surface area contributed by atoms with Gasteiger partial charge in [-0.2, -0.15) is 0 Å². The third kappa shape index (κ3) is 6.04. The molecule has 9 N–H and O–H groups in total. The molecule has 0 aliphatic heterocycles. The second-order valence-corrected chi connectivity index (χ2v) is 8.82. The standard InChI is InChI=1S/C25H27N11O2/c1-25(2,30)9-6-16-21-17(13-20(32-16)37-18(14-26)15-7-10-31-11-8-15)36(12-4-3-5-19(27)28)24(33-21)22-23(29)35-38-34-22/h7-8,10-11,13,18H,4,12,14,26,30H2,1-2H3,(H3,27,28)(H2,29,35)/t18-/m0/s1. The summed E-state index contributed by atoms with van der Waals surface area (Å²) in [5.74, 6) is 11.9. The fraction of sp³-hybridized carbons (Fsp3) is 0.280. The molecule has 4 aromatic rings. The van der Waals surface area contributed by atoms with Crippen LogP contribution in [0.3, 0.4) is 0 Å². The molecule has 13 nitrogen and oxygen atoms in total. The molecule has 0 fully saturated rings. The minimum absolute atomic E-state index is 0.0671. The number of nitrogens with one attached hydrogen (secondary N) is 1. The minimum atomic E-state index is -0.782. The smallest absolute Gasteiger partial charge is 0.217 e. The molecule has 0 aromatic carbocycles. The van der Waals surface area contributed by atoms with Crippen LogP contribution in [0.2, 0.25) is 0 Å². The van der Waals surface area contributed by atoms with Gasteiger partial charge in [0, 0.05) is 38.0 Å². The number of rotatable bonds is 7. The van der Waals surface area contributed by atoms with Crippen molar-refractivity contribution in [2.45, 2.75) is 38.5 Å². The molecule has 0 saturated carbocycles. The summed E-state index contributed by atoms with van der Waals surface area (Å²) < 4.78 is 12.9. The van der Waals surface area contributed by atoms with Crippen molar-refractivity contribution in [3.63, 3.8) is 0 Å². The van der Waals surface area contributed by atoms with E-state index in [2.05, 4.69) is 44.0 Å². The van der Waals surface area contributed by atoms with Gasteiger partial charge in [0.25, 0.3) is 0 Å². The van der Waals surface area contributed by atoms with Crippen molar-refractivity contribution in [2.75, 3.05) is 12.3 Å². The Balaban J connectivity index is 1.90. The van der Waals surface area contributed by atoms with Crippen molar-refractivity contribution in [3.05, 3.63) is 41.9 Å². The molecule has 4 heterocycles. The van der Waals surface area contributed by atoms with Crippen LogP contribution in [0.25, 0.3) is 22.6 Å². The van der Waals surface area contributed by atoms with E-state index in [1.807, 2.05) is 16.7 Å². The number of pyridine rings is 2. The van der Waals surface area contributed by atoms with Crippen molar-refractivity contribution >= 4 is 22.7 Å². The topological polar surface area (TPSA) is 220 Å². The van der Waals surface area contributed by atoms with Gasteiger partial charge in [0.1, 0.15) is 17.3 Å². The summed E-state index contributed by atoms with van der Waals surface area (Å²) in [6.45, 7) is 4.12. The third-order valence-electron chi connectivity index (χ3n) is 5.18. The molecule has 0 amide bonds. The van der Waals surface area contributed by atoms with Crippen LogP contribution in [0.5, 0.6) is 5.88 Å². The van der Waals surface area contributed by atoms with E-state index in [1.54, 1.807) is 32.3 Å². The first-order valence-corrected chi connectivity index (χ1v) is 11.6. The Bertz CT molecular complexity index is 1580. The molecule has 0 radical (unpaired) electrons. The van der Waals surface area contributed by atoms with E-state index in [-0.39, 0.29) is 29.8 Å². The lowest BCUT2D eigenvalue weighted by atomic mass is 10.1. The Morgan fingerprint density at radius 2 is 2.00 bits per heavy atom. The molecular weight excluding hydrogens is 486 g/mol. The summed E-state index contributed by atoms with van der Waals surface area (Å²) in [7, 11) is 0. The summed E-state index contributed by atoms with van der Waals surface area (Å²) in [6.07, 6.45) is 3.19. The number of anilines is 1. The van der Waals surface area contributed by atoms with Crippen molar-refractivity contribution in [1.82, 2.24) is 29.8 Å². The number of nitrogens with two attached hydrogens (primary N) is 4. The van der Waals surface area contributed by atoms with Gasteiger partial charge in [-0.05, 0) is 53.7 Å². The molecule has 4 rings (SSSR count). The fourth-order valence-electron chi connectivity index (χ4n) is 3.53. The van der Waals surface area contributed by atoms with Gasteiger partial charge in [-0.25, -0.2) is 14.6 Å². The number of aromatic nitrogens is 6. The van der Waals surface area contributed by atoms with E-state index in [0.29, 0.717) is 35.5 Å². The highest BCUT2D eigenvalue weighted by Gasteiger charge is 2.23. The van der Waals surface area contributed by atoms with Gasteiger partial charge in [-0.3, -0.25) is 10.4 Å². The van der Waals surface area contributed by atoms with Gasteiger partial charge < -0.3 is 32.2 Å². The maximum Gasteiger partial charge on any atom is 0.217 e. The van der Waals surface area contributed by atoms with Crippen molar-refractivity contribution in [1.29, 1.82) is 5.41 Å². The van der Waals surface area contributed by atoms with Gasteiger partial charge in [0.2, 0.25) is 5.88 Å². The van der Waals surface area contributed by atoms with E-state index in [0.717, 1.165) is 5.56 Å². The molecule has 13 heteroatoms. The Morgan fingerprint density at radius 3 is 2.63 bits per heavy atom. The predicted molar refractivity (Wildman–Crippen MR) is 141 cm³/mol.